The van der Waals surface area contributed by atoms with Gasteiger partial charge in [-0.15, -0.1) is 0 Å². The molecule has 0 radical (unpaired) electrons. The molecule has 29 heavy (non-hydrogen) atoms. The fourth-order valence-corrected chi connectivity index (χ4v) is 5.50. The van der Waals surface area contributed by atoms with Gasteiger partial charge in [-0.3, -0.25) is 9.69 Å². The number of likely N-dealkylation sites (tertiary alicyclic amines) is 2. The van der Waals surface area contributed by atoms with Gasteiger partial charge in [-0.25, -0.2) is 4.39 Å². The largest absolute Gasteiger partial charge is 0.342 e. The standard InChI is InChI=1S/C25H29FN2O/c26-21-10-8-18(9-11-21)16-27-13-4-7-20-17-28(14-12-24(20)27)25(29)23-15-22(23)19-5-2-1-3-6-19/h1-3,5-6,8-11,20,22-24H,4,7,12-17H2/t20-,22+,23-,24+/m1/s1. The second kappa shape index (κ2) is 7.91. The number of carbonyl (C=O) groups is 1. The van der Waals surface area contributed by atoms with Crippen LogP contribution in [0.15, 0.2) is 54.6 Å². The predicted octanol–water partition coefficient (Wildman–Crippen LogP) is 4.44. The number of halogens is 1. The molecule has 0 bridgehead atoms. The van der Waals surface area contributed by atoms with Crippen LogP contribution in [0, 0.1) is 17.7 Å². The van der Waals surface area contributed by atoms with Crippen LogP contribution in [0.1, 0.15) is 42.7 Å². The lowest BCUT2D eigenvalue weighted by atomic mass is 9.83. The van der Waals surface area contributed by atoms with E-state index >= 15 is 0 Å². The predicted molar refractivity (Wildman–Crippen MR) is 112 cm³/mol. The molecule has 3 fully saturated rings. The number of hydrogen-bond acceptors (Lipinski definition) is 2. The van der Waals surface area contributed by atoms with Crippen LogP contribution in [0.25, 0.3) is 0 Å². The molecule has 5 rings (SSSR count). The molecule has 1 amide bonds. The molecule has 0 unspecified atom stereocenters. The van der Waals surface area contributed by atoms with Crippen molar-refractivity contribution in [2.24, 2.45) is 11.8 Å². The number of hydrogen-bond donors (Lipinski definition) is 0. The molecule has 2 aliphatic heterocycles. The molecule has 4 heteroatoms. The molecule has 2 aromatic carbocycles. The minimum atomic E-state index is -0.175. The van der Waals surface area contributed by atoms with E-state index in [-0.39, 0.29) is 11.7 Å². The highest BCUT2D eigenvalue weighted by atomic mass is 19.1. The number of benzene rings is 2. The maximum Gasteiger partial charge on any atom is 0.226 e. The minimum Gasteiger partial charge on any atom is -0.342 e. The highest BCUT2D eigenvalue weighted by Crippen LogP contribution is 2.49. The van der Waals surface area contributed by atoms with Gasteiger partial charge >= 0.3 is 0 Å². The first kappa shape index (κ1) is 18.8. The quantitative estimate of drug-likeness (QED) is 0.768. The summed E-state index contributed by atoms with van der Waals surface area (Å²) >= 11 is 0. The van der Waals surface area contributed by atoms with Crippen molar-refractivity contribution >= 4 is 5.91 Å². The first-order valence-electron chi connectivity index (χ1n) is 11.0. The number of rotatable bonds is 4. The molecular formula is C25H29FN2O. The van der Waals surface area contributed by atoms with Crippen molar-refractivity contribution in [3.8, 4) is 0 Å². The minimum absolute atomic E-state index is 0.175. The molecule has 3 aliphatic rings. The van der Waals surface area contributed by atoms with Crippen molar-refractivity contribution in [1.82, 2.24) is 9.80 Å². The first-order valence-corrected chi connectivity index (χ1v) is 11.0. The van der Waals surface area contributed by atoms with Crippen LogP contribution in [0.5, 0.6) is 0 Å². The van der Waals surface area contributed by atoms with Gasteiger partial charge in [0.25, 0.3) is 0 Å². The molecule has 2 aromatic rings. The molecule has 1 aliphatic carbocycles. The molecule has 0 aromatic heterocycles. The van der Waals surface area contributed by atoms with Crippen molar-refractivity contribution in [2.75, 3.05) is 19.6 Å². The number of piperidine rings is 2. The topological polar surface area (TPSA) is 23.6 Å². The third-order valence-electron chi connectivity index (χ3n) is 7.13. The summed E-state index contributed by atoms with van der Waals surface area (Å²) in [6.45, 7) is 3.76. The van der Waals surface area contributed by atoms with Gasteiger partial charge in [-0.1, -0.05) is 42.5 Å². The lowest BCUT2D eigenvalue weighted by Crippen LogP contribution is -2.55. The molecular weight excluding hydrogens is 363 g/mol. The summed E-state index contributed by atoms with van der Waals surface area (Å²) in [4.78, 5) is 17.8. The van der Waals surface area contributed by atoms with Gasteiger partial charge in [0, 0.05) is 31.6 Å². The van der Waals surface area contributed by atoms with E-state index in [1.807, 2.05) is 18.2 Å². The maximum absolute atomic E-state index is 13.2. The lowest BCUT2D eigenvalue weighted by Gasteiger charge is -2.47. The van der Waals surface area contributed by atoms with Gasteiger partial charge in [0.2, 0.25) is 5.91 Å². The summed E-state index contributed by atoms with van der Waals surface area (Å²) in [5.74, 6) is 1.37. The van der Waals surface area contributed by atoms with E-state index in [1.165, 1.54) is 24.0 Å². The van der Waals surface area contributed by atoms with Gasteiger partial charge < -0.3 is 4.90 Å². The number of amides is 1. The Morgan fingerprint density at radius 3 is 2.59 bits per heavy atom. The van der Waals surface area contributed by atoms with E-state index in [2.05, 4.69) is 34.1 Å². The molecule has 3 nitrogen and oxygen atoms in total. The Bertz CT molecular complexity index is 853. The Labute approximate surface area is 172 Å². The van der Waals surface area contributed by atoms with Crippen LogP contribution in [-0.4, -0.2) is 41.4 Å². The first-order chi connectivity index (χ1) is 14.2. The van der Waals surface area contributed by atoms with Crippen LogP contribution >= 0.6 is 0 Å². The second-order valence-electron chi connectivity index (χ2n) is 9.00. The lowest BCUT2D eigenvalue weighted by molar-refractivity contribution is -0.136. The van der Waals surface area contributed by atoms with Crippen molar-refractivity contribution in [3.63, 3.8) is 0 Å². The number of fused-ring (bicyclic) bond motifs is 1. The van der Waals surface area contributed by atoms with E-state index in [0.29, 0.717) is 23.8 Å². The molecule has 0 spiro atoms. The Balaban J connectivity index is 1.20. The molecule has 2 saturated heterocycles. The zero-order valence-corrected chi connectivity index (χ0v) is 16.8. The highest BCUT2D eigenvalue weighted by Gasteiger charge is 2.47. The maximum atomic E-state index is 13.2. The van der Waals surface area contributed by atoms with Crippen molar-refractivity contribution in [1.29, 1.82) is 0 Å². The van der Waals surface area contributed by atoms with E-state index in [9.17, 15) is 9.18 Å². The van der Waals surface area contributed by atoms with Crippen LogP contribution in [0.2, 0.25) is 0 Å². The monoisotopic (exact) mass is 392 g/mol. The van der Waals surface area contributed by atoms with Crippen LogP contribution < -0.4 is 0 Å². The summed E-state index contributed by atoms with van der Waals surface area (Å²) < 4.78 is 13.2. The summed E-state index contributed by atoms with van der Waals surface area (Å²) in [6.07, 6.45) is 4.45. The Morgan fingerprint density at radius 2 is 1.79 bits per heavy atom. The normalized spacial score (nSPS) is 29.3. The fraction of sp³-hybridized carbons (Fsp3) is 0.480. The Kier molecular flexibility index (Phi) is 5.13. The Hall–Kier alpha value is -2.20. The highest BCUT2D eigenvalue weighted by molar-refractivity contribution is 5.83. The van der Waals surface area contributed by atoms with Gasteiger partial charge in [0.1, 0.15) is 5.82 Å². The van der Waals surface area contributed by atoms with E-state index < -0.39 is 0 Å². The summed E-state index contributed by atoms with van der Waals surface area (Å²) in [6, 6.07) is 17.9. The fourth-order valence-electron chi connectivity index (χ4n) is 5.50. The third kappa shape index (κ3) is 3.95. The average Bonchev–Trinajstić information content (AvgIpc) is 3.56. The Morgan fingerprint density at radius 1 is 1.00 bits per heavy atom. The number of carbonyl (C=O) groups excluding carboxylic acids is 1. The van der Waals surface area contributed by atoms with Gasteiger partial charge in [-0.05, 0) is 67.3 Å². The van der Waals surface area contributed by atoms with Gasteiger partial charge in [-0.2, -0.15) is 0 Å². The third-order valence-corrected chi connectivity index (χ3v) is 7.13. The zero-order valence-electron chi connectivity index (χ0n) is 16.8. The van der Waals surface area contributed by atoms with Crippen LogP contribution in [-0.2, 0) is 11.3 Å². The zero-order chi connectivity index (χ0) is 19.8. The number of nitrogens with zero attached hydrogens (tertiary/aromatic N) is 2. The van der Waals surface area contributed by atoms with Gasteiger partial charge in [0.15, 0.2) is 0 Å². The van der Waals surface area contributed by atoms with Crippen LogP contribution in [0.3, 0.4) is 0 Å². The van der Waals surface area contributed by atoms with Crippen molar-refractivity contribution < 1.29 is 9.18 Å². The van der Waals surface area contributed by atoms with E-state index in [0.717, 1.165) is 39.0 Å². The van der Waals surface area contributed by atoms with Crippen molar-refractivity contribution in [2.45, 2.75) is 44.2 Å². The summed E-state index contributed by atoms with van der Waals surface area (Å²) in [5, 5.41) is 0. The molecule has 1 saturated carbocycles. The van der Waals surface area contributed by atoms with Gasteiger partial charge in [0.05, 0.1) is 0 Å². The summed E-state index contributed by atoms with van der Waals surface area (Å²) in [7, 11) is 0. The SMILES string of the molecule is O=C([C@@H]1C[C@H]1c1ccccc1)N1CC[C@H]2[C@H](CCCN2Cc2ccc(F)cc2)C1. The molecule has 4 atom stereocenters. The van der Waals surface area contributed by atoms with Crippen molar-refractivity contribution in [3.05, 3.63) is 71.5 Å². The molecule has 0 N–H and O–H groups in total. The smallest absolute Gasteiger partial charge is 0.226 e. The van der Waals surface area contributed by atoms with Crippen LogP contribution in [0.4, 0.5) is 4.39 Å². The molecule has 2 heterocycles. The average molecular weight is 393 g/mol. The summed E-state index contributed by atoms with van der Waals surface area (Å²) in [5.41, 5.74) is 2.48. The van der Waals surface area contributed by atoms with E-state index in [4.69, 9.17) is 0 Å². The van der Waals surface area contributed by atoms with E-state index in [1.54, 1.807) is 12.1 Å². The molecule has 152 valence electrons. The second-order valence-corrected chi connectivity index (χ2v) is 9.00.